The Hall–Kier alpha value is -2.63. The second-order valence-corrected chi connectivity index (χ2v) is 7.28. The van der Waals surface area contributed by atoms with Gasteiger partial charge in [0.05, 0.1) is 16.4 Å². The van der Waals surface area contributed by atoms with Crippen LogP contribution in [0.2, 0.25) is 5.02 Å². The van der Waals surface area contributed by atoms with Crippen LogP contribution in [0.1, 0.15) is 11.1 Å². The maximum Gasteiger partial charge on any atom is 0.275 e. The minimum atomic E-state index is -0.244. The number of hydrogen-bond donors (Lipinski definition) is 1. The van der Waals surface area contributed by atoms with Gasteiger partial charge in [0, 0.05) is 10.0 Å². The monoisotopic (exact) mass is 440 g/mol. The Morgan fingerprint density at radius 1 is 1.04 bits per heavy atom. The van der Waals surface area contributed by atoms with Crippen molar-refractivity contribution in [1.82, 2.24) is 0 Å². The highest BCUT2D eigenvalue weighted by molar-refractivity contribution is 9.10. The zero-order valence-electron chi connectivity index (χ0n) is 14.3. The number of anilines is 1. The third-order valence-electron chi connectivity index (χ3n) is 4.22. The Balaban J connectivity index is 1.64. The lowest BCUT2D eigenvalue weighted by molar-refractivity contribution is -0.110. The number of carbonyl (C=O) groups excluding carboxylic acids is 1. The quantitative estimate of drug-likeness (QED) is 0.520. The maximum absolute atomic E-state index is 12.4. The number of nitrogens with one attached hydrogen (secondary N) is 1. The van der Waals surface area contributed by atoms with Crippen molar-refractivity contribution in [3.63, 3.8) is 0 Å². The first-order valence-electron chi connectivity index (χ1n) is 8.25. The van der Waals surface area contributed by atoms with Crippen LogP contribution in [0.4, 0.5) is 11.4 Å². The number of nitrogens with zero attached hydrogens (tertiary/aromatic N) is 1. The molecular formula is C21H14BrClN2O2. The lowest BCUT2D eigenvalue weighted by atomic mass is 10.1. The van der Waals surface area contributed by atoms with Crippen LogP contribution in [0.25, 0.3) is 0 Å². The number of para-hydroxylation sites is 1. The van der Waals surface area contributed by atoms with Gasteiger partial charge < -0.3 is 10.1 Å². The predicted octanol–water partition coefficient (Wildman–Crippen LogP) is 6.28. The molecule has 0 bridgehead atoms. The number of fused-ring (bicyclic) bond motifs is 1. The lowest BCUT2D eigenvalue weighted by Crippen LogP contribution is -2.13. The van der Waals surface area contributed by atoms with E-state index in [2.05, 4.69) is 26.2 Å². The summed E-state index contributed by atoms with van der Waals surface area (Å²) in [7, 11) is 0. The van der Waals surface area contributed by atoms with Gasteiger partial charge in [-0.25, -0.2) is 4.99 Å². The molecule has 0 fully saturated rings. The number of ether oxygens (including phenoxy) is 1. The second-order valence-electron chi connectivity index (χ2n) is 6.04. The number of aliphatic imine (C=N–C) groups is 1. The van der Waals surface area contributed by atoms with Crippen molar-refractivity contribution in [2.75, 3.05) is 5.32 Å². The summed E-state index contributed by atoms with van der Waals surface area (Å²) in [5.41, 5.74) is 3.28. The van der Waals surface area contributed by atoms with Crippen LogP contribution >= 0.6 is 27.5 Å². The van der Waals surface area contributed by atoms with E-state index in [4.69, 9.17) is 16.3 Å². The Morgan fingerprint density at radius 2 is 1.70 bits per heavy atom. The van der Waals surface area contributed by atoms with Gasteiger partial charge in [0.15, 0.2) is 0 Å². The molecule has 0 saturated heterocycles. The van der Waals surface area contributed by atoms with Crippen molar-refractivity contribution < 1.29 is 9.53 Å². The number of rotatable bonds is 3. The summed E-state index contributed by atoms with van der Waals surface area (Å²) < 4.78 is 6.51. The summed E-state index contributed by atoms with van der Waals surface area (Å²) in [5, 5.41) is 3.43. The van der Waals surface area contributed by atoms with E-state index in [1.807, 2.05) is 67.6 Å². The minimum Gasteiger partial charge on any atom is -0.457 e. The maximum atomic E-state index is 12.4. The lowest BCUT2D eigenvalue weighted by Gasteiger charge is -2.07. The molecule has 6 heteroatoms. The van der Waals surface area contributed by atoms with E-state index in [0.29, 0.717) is 27.9 Å². The van der Waals surface area contributed by atoms with E-state index < -0.39 is 0 Å². The number of benzene rings is 3. The van der Waals surface area contributed by atoms with Crippen LogP contribution in [0, 0.1) is 6.92 Å². The normalized spacial score (nSPS) is 14.2. The smallest absolute Gasteiger partial charge is 0.275 e. The van der Waals surface area contributed by atoms with Gasteiger partial charge in [-0.15, -0.1) is 0 Å². The van der Waals surface area contributed by atoms with E-state index in [1.54, 1.807) is 0 Å². The number of hydrogen-bond acceptors (Lipinski definition) is 3. The highest BCUT2D eigenvalue weighted by Gasteiger charge is 2.29. The summed E-state index contributed by atoms with van der Waals surface area (Å²) in [5.74, 6) is 1.22. The highest BCUT2D eigenvalue weighted by Crippen LogP contribution is 2.38. The molecule has 1 N–H and O–H groups in total. The van der Waals surface area contributed by atoms with E-state index >= 15 is 0 Å². The fourth-order valence-electron chi connectivity index (χ4n) is 2.85. The fraction of sp³-hybridized carbons (Fsp3) is 0.0476. The average molecular weight is 442 g/mol. The van der Waals surface area contributed by atoms with E-state index in [-0.39, 0.29) is 5.91 Å². The molecule has 27 heavy (non-hydrogen) atoms. The van der Waals surface area contributed by atoms with Crippen molar-refractivity contribution in [2.45, 2.75) is 6.92 Å². The first kappa shape index (κ1) is 17.8. The predicted molar refractivity (Wildman–Crippen MR) is 112 cm³/mol. The standard InChI is InChI=1S/C21H14BrClN2O2/c1-12-18(23)17(22)11-16-19(12)25-21(26)20(16)24-13-7-9-15(10-8-13)27-14-5-3-2-4-6-14/h2-11H,1H3,(H,24,25,26). The van der Waals surface area contributed by atoms with Crippen molar-refractivity contribution in [3.05, 3.63) is 81.3 Å². The van der Waals surface area contributed by atoms with Gasteiger partial charge in [-0.05, 0) is 70.9 Å². The van der Waals surface area contributed by atoms with Crippen LogP contribution in [0.3, 0.4) is 0 Å². The van der Waals surface area contributed by atoms with Crippen LogP contribution in [0.15, 0.2) is 70.1 Å². The number of amides is 1. The molecule has 1 amide bonds. The molecule has 1 heterocycles. The van der Waals surface area contributed by atoms with Gasteiger partial charge in [-0.3, -0.25) is 4.79 Å². The molecule has 3 aromatic carbocycles. The van der Waals surface area contributed by atoms with Crippen LogP contribution in [-0.4, -0.2) is 11.6 Å². The second kappa shape index (κ2) is 7.18. The molecule has 0 saturated carbocycles. The Bertz CT molecular complexity index is 1060. The SMILES string of the molecule is Cc1c(Cl)c(Br)cc2c1NC(=O)C2=Nc1ccc(Oc2ccccc2)cc1. The van der Waals surface area contributed by atoms with Gasteiger partial charge in [0.2, 0.25) is 0 Å². The molecule has 0 radical (unpaired) electrons. The van der Waals surface area contributed by atoms with Crippen molar-refractivity contribution >= 4 is 50.5 Å². The molecule has 0 aliphatic carbocycles. The Morgan fingerprint density at radius 3 is 2.41 bits per heavy atom. The topological polar surface area (TPSA) is 50.7 Å². The van der Waals surface area contributed by atoms with E-state index in [0.717, 1.165) is 21.3 Å². The molecule has 3 aromatic rings. The van der Waals surface area contributed by atoms with Crippen LogP contribution in [-0.2, 0) is 4.79 Å². The van der Waals surface area contributed by atoms with Gasteiger partial charge in [0.25, 0.3) is 5.91 Å². The average Bonchev–Trinajstić information content (AvgIpc) is 2.98. The Labute approximate surface area is 170 Å². The molecule has 0 unspecified atom stereocenters. The van der Waals surface area contributed by atoms with Crippen molar-refractivity contribution in [2.24, 2.45) is 4.99 Å². The van der Waals surface area contributed by atoms with Gasteiger partial charge >= 0.3 is 0 Å². The van der Waals surface area contributed by atoms with Gasteiger partial charge in [-0.1, -0.05) is 29.8 Å². The summed E-state index contributed by atoms with van der Waals surface area (Å²) in [6, 6.07) is 18.6. The van der Waals surface area contributed by atoms with Gasteiger partial charge in [0.1, 0.15) is 17.2 Å². The first-order chi connectivity index (χ1) is 13.0. The molecule has 4 rings (SSSR count). The fourth-order valence-corrected chi connectivity index (χ4v) is 3.52. The van der Waals surface area contributed by atoms with E-state index in [9.17, 15) is 4.79 Å². The van der Waals surface area contributed by atoms with Crippen molar-refractivity contribution in [1.29, 1.82) is 0 Å². The number of carbonyl (C=O) groups is 1. The molecule has 134 valence electrons. The zero-order valence-corrected chi connectivity index (χ0v) is 16.6. The largest absolute Gasteiger partial charge is 0.457 e. The minimum absolute atomic E-state index is 0.244. The molecule has 4 nitrogen and oxygen atoms in total. The summed E-state index contributed by atoms with van der Waals surface area (Å²) in [4.78, 5) is 16.9. The highest BCUT2D eigenvalue weighted by atomic mass is 79.9. The molecule has 1 aliphatic rings. The Kier molecular flexibility index (Phi) is 4.72. The zero-order chi connectivity index (χ0) is 19.0. The molecule has 0 atom stereocenters. The van der Waals surface area contributed by atoms with E-state index in [1.165, 1.54) is 0 Å². The number of halogens is 2. The molecule has 1 aliphatic heterocycles. The third kappa shape index (κ3) is 3.48. The summed E-state index contributed by atoms with van der Waals surface area (Å²) in [6.45, 7) is 1.87. The van der Waals surface area contributed by atoms with Crippen LogP contribution in [0.5, 0.6) is 11.5 Å². The van der Waals surface area contributed by atoms with Crippen molar-refractivity contribution in [3.8, 4) is 11.5 Å². The first-order valence-corrected chi connectivity index (χ1v) is 9.42. The summed E-state index contributed by atoms with van der Waals surface area (Å²) in [6.07, 6.45) is 0. The molecule has 0 aromatic heterocycles. The van der Waals surface area contributed by atoms with Gasteiger partial charge in [-0.2, -0.15) is 0 Å². The summed E-state index contributed by atoms with van der Waals surface area (Å²) >= 11 is 9.68. The van der Waals surface area contributed by atoms with Crippen LogP contribution < -0.4 is 10.1 Å². The molecular weight excluding hydrogens is 428 g/mol. The molecule has 0 spiro atoms. The third-order valence-corrected chi connectivity index (χ3v) is 5.56.